The van der Waals surface area contributed by atoms with Crippen LogP contribution in [0.5, 0.6) is 0 Å². The minimum Gasteiger partial charge on any atom is -0.384 e. The highest BCUT2D eigenvalue weighted by atomic mass is 32.2. The van der Waals surface area contributed by atoms with Crippen molar-refractivity contribution in [2.75, 3.05) is 31.8 Å². The quantitative estimate of drug-likeness (QED) is 0.705. The maximum atomic E-state index is 5.05. The summed E-state index contributed by atoms with van der Waals surface area (Å²) in [4.78, 5) is 0. The maximum Gasteiger partial charge on any atom is 0.0552 e. The van der Waals surface area contributed by atoms with Crippen LogP contribution in [0.15, 0.2) is 30.3 Å². The number of ether oxygens (including phenoxy) is 1. The zero-order chi connectivity index (χ0) is 11.6. The largest absolute Gasteiger partial charge is 0.384 e. The van der Waals surface area contributed by atoms with Crippen molar-refractivity contribution in [3.05, 3.63) is 35.9 Å². The molecule has 0 aromatic heterocycles. The molecule has 0 saturated carbocycles. The number of benzene rings is 1. The van der Waals surface area contributed by atoms with Crippen LogP contribution in [0.3, 0.4) is 0 Å². The summed E-state index contributed by atoms with van der Waals surface area (Å²) in [6, 6.07) is 11.1. The maximum absolute atomic E-state index is 5.05. The molecule has 0 aliphatic carbocycles. The summed E-state index contributed by atoms with van der Waals surface area (Å²) in [5.74, 6) is 2.16. The molecule has 90 valence electrons. The van der Waals surface area contributed by atoms with Crippen molar-refractivity contribution in [2.45, 2.75) is 13.0 Å². The van der Waals surface area contributed by atoms with E-state index in [2.05, 4.69) is 42.6 Å². The second-order valence-electron chi connectivity index (χ2n) is 3.59. The molecule has 1 aromatic carbocycles. The average molecular weight is 239 g/mol. The van der Waals surface area contributed by atoms with Gasteiger partial charge in [0.1, 0.15) is 0 Å². The smallest absolute Gasteiger partial charge is 0.0552 e. The van der Waals surface area contributed by atoms with Gasteiger partial charge in [-0.05, 0) is 12.1 Å². The Morgan fingerprint density at radius 2 is 2.06 bits per heavy atom. The molecule has 1 aromatic rings. The molecule has 0 amide bonds. The third kappa shape index (κ3) is 5.01. The lowest BCUT2D eigenvalue weighted by Crippen LogP contribution is -2.23. The number of hydrogen-bond acceptors (Lipinski definition) is 3. The van der Waals surface area contributed by atoms with Crippen LogP contribution in [0.4, 0.5) is 0 Å². The van der Waals surface area contributed by atoms with E-state index in [1.807, 2.05) is 11.8 Å². The van der Waals surface area contributed by atoms with Gasteiger partial charge in [-0.25, -0.2) is 0 Å². The Bertz CT molecular complexity index is 266. The molecule has 0 bridgehead atoms. The minimum atomic E-state index is 0.452. The zero-order valence-corrected chi connectivity index (χ0v) is 10.9. The Morgan fingerprint density at radius 1 is 1.31 bits per heavy atom. The van der Waals surface area contributed by atoms with Crippen molar-refractivity contribution < 1.29 is 4.74 Å². The first-order valence-electron chi connectivity index (χ1n) is 5.73. The van der Waals surface area contributed by atoms with E-state index in [-0.39, 0.29) is 0 Å². The fraction of sp³-hybridized carbons (Fsp3) is 0.538. The topological polar surface area (TPSA) is 21.3 Å². The third-order valence-electron chi connectivity index (χ3n) is 2.37. The van der Waals surface area contributed by atoms with Crippen LogP contribution in [-0.2, 0) is 4.74 Å². The highest BCUT2D eigenvalue weighted by Crippen LogP contribution is 2.17. The van der Waals surface area contributed by atoms with Gasteiger partial charge >= 0.3 is 0 Å². The van der Waals surface area contributed by atoms with E-state index >= 15 is 0 Å². The van der Waals surface area contributed by atoms with Gasteiger partial charge in [0.2, 0.25) is 0 Å². The first-order chi connectivity index (χ1) is 7.88. The van der Waals surface area contributed by atoms with Gasteiger partial charge < -0.3 is 10.1 Å². The molecule has 1 unspecified atom stereocenters. The Balaban J connectivity index is 2.41. The van der Waals surface area contributed by atoms with Crippen LogP contribution in [0.1, 0.15) is 18.5 Å². The lowest BCUT2D eigenvalue weighted by Gasteiger charge is -2.17. The van der Waals surface area contributed by atoms with Crippen LogP contribution in [0.2, 0.25) is 0 Å². The van der Waals surface area contributed by atoms with E-state index in [4.69, 9.17) is 4.74 Å². The molecule has 0 heterocycles. The first kappa shape index (κ1) is 13.6. The van der Waals surface area contributed by atoms with Gasteiger partial charge in [-0.1, -0.05) is 37.3 Å². The predicted molar refractivity (Wildman–Crippen MR) is 72.1 cm³/mol. The lowest BCUT2D eigenvalue weighted by atomic mass is 10.1. The van der Waals surface area contributed by atoms with Gasteiger partial charge in [0.25, 0.3) is 0 Å². The molecular weight excluding hydrogens is 218 g/mol. The van der Waals surface area contributed by atoms with Crippen LogP contribution < -0.4 is 5.32 Å². The molecule has 2 nitrogen and oxygen atoms in total. The normalized spacial score (nSPS) is 12.6. The average Bonchev–Trinajstić information content (AvgIpc) is 2.34. The van der Waals surface area contributed by atoms with Crippen LogP contribution >= 0.6 is 11.8 Å². The minimum absolute atomic E-state index is 0.452. The number of methoxy groups -OCH3 is 1. The highest BCUT2D eigenvalue weighted by Gasteiger charge is 2.08. The van der Waals surface area contributed by atoms with Crippen molar-refractivity contribution in [3.63, 3.8) is 0 Å². The van der Waals surface area contributed by atoms with Gasteiger partial charge in [0.05, 0.1) is 6.61 Å². The summed E-state index contributed by atoms with van der Waals surface area (Å²) in [5.41, 5.74) is 1.37. The van der Waals surface area contributed by atoms with E-state index in [0.29, 0.717) is 6.04 Å². The molecule has 0 aliphatic rings. The first-order valence-corrected chi connectivity index (χ1v) is 6.89. The highest BCUT2D eigenvalue weighted by molar-refractivity contribution is 7.99. The molecule has 0 radical (unpaired) electrons. The standard InChI is InChI=1S/C13H21NOS/c1-3-14-13(11-16-10-9-15-2)12-7-5-4-6-8-12/h4-8,13-14H,3,9-11H2,1-2H3. The third-order valence-corrected chi connectivity index (χ3v) is 3.39. The summed E-state index contributed by atoms with van der Waals surface area (Å²) < 4.78 is 5.05. The summed E-state index contributed by atoms with van der Waals surface area (Å²) in [7, 11) is 1.75. The van der Waals surface area contributed by atoms with E-state index < -0.39 is 0 Å². The second-order valence-corrected chi connectivity index (χ2v) is 4.74. The summed E-state index contributed by atoms with van der Waals surface area (Å²) in [6.07, 6.45) is 0. The summed E-state index contributed by atoms with van der Waals surface area (Å²) >= 11 is 1.93. The molecule has 1 rings (SSSR count). The van der Waals surface area contributed by atoms with Gasteiger partial charge in [0.15, 0.2) is 0 Å². The Labute approximate surface area is 103 Å². The number of rotatable bonds is 8. The Morgan fingerprint density at radius 3 is 2.69 bits per heavy atom. The summed E-state index contributed by atoms with van der Waals surface area (Å²) in [6.45, 7) is 3.98. The molecule has 3 heteroatoms. The van der Waals surface area contributed by atoms with Gasteiger partial charge in [-0.3, -0.25) is 0 Å². The molecule has 0 spiro atoms. The fourth-order valence-electron chi connectivity index (χ4n) is 1.55. The van der Waals surface area contributed by atoms with Crippen LogP contribution in [0, 0.1) is 0 Å². The van der Waals surface area contributed by atoms with E-state index in [1.54, 1.807) is 7.11 Å². The van der Waals surface area contributed by atoms with Crippen molar-refractivity contribution in [2.24, 2.45) is 0 Å². The summed E-state index contributed by atoms with van der Waals surface area (Å²) in [5, 5.41) is 3.51. The van der Waals surface area contributed by atoms with Gasteiger partial charge in [-0.15, -0.1) is 0 Å². The van der Waals surface area contributed by atoms with Gasteiger partial charge in [0, 0.05) is 24.7 Å². The molecular formula is C13H21NOS. The monoisotopic (exact) mass is 239 g/mol. The Kier molecular flexibility index (Phi) is 7.30. The molecule has 0 aliphatic heterocycles. The van der Waals surface area contributed by atoms with E-state index in [0.717, 1.165) is 24.7 Å². The Hall–Kier alpha value is -0.510. The van der Waals surface area contributed by atoms with Gasteiger partial charge in [-0.2, -0.15) is 11.8 Å². The molecule has 1 atom stereocenters. The lowest BCUT2D eigenvalue weighted by molar-refractivity contribution is 0.218. The SMILES string of the molecule is CCNC(CSCCOC)c1ccccc1. The molecule has 1 N–H and O–H groups in total. The van der Waals surface area contributed by atoms with E-state index in [9.17, 15) is 0 Å². The molecule has 16 heavy (non-hydrogen) atoms. The fourth-order valence-corrected chi connectivity index (χ4v) is 2.55. The number of nitrogens with one attached hydrogen (secondary N) is 1. The predicted octanol–water partition coefficient (Wildman–Crippen LogP) is 2.72. The van der Waals surface area contributed by atoms with Crippen molar-refractivity contribution in [1.29, 1.82) is 0 Å². The van der Waals surface area contributed by atoms with Crippen molar-refractivity contribution in [1.82, 2.24) is 5.32 Å². The van der Waals surface area contributed by atoms with Crippen LogP contribution in [-0.4, -0.2) is 31.8 Å². The van der Waals surface area contributed by atoms with Crippen molar-refractivity contribution >= 4 is 11.8 Å². The van der Waals surface area contributed by atoms with Crippen molar-refractivity contribution in [3.8, 4) is 0 Å². The molecule has 0 saturated heterocycles. The number of hydrogen-bond donors (Lipinski definition) is 1. The zero-order valence-electron chi connectivity index (χ0n) is 10.1. The van der Waals surface area contributed by atoms with E-state index in [1.165, 1.54) is 5.56 Å². The van der Waals surface area contributed by atoms with Crippen LogP contribution in [0.25, 0.3) is 0 Å². The molecule has 0 fully saturated rings. The number of thioether (sulfide) groups is 1. The second kappa shape index (κ2) is 8.62.